The number of carbonyl (C=O) groups is 4. The van der Waals surface area contributed by atoms with Crippen LogP contribution in [0.4, 0.5) is 0 Å². The summed E-state index contributed by atoms with van der Waals surface area (Å²) in [4.78, 5) is 53.9. The van der Waals surface area contributed by atoms with Crippen LogP contribution in [-0.2, 0) is 19.2 Å². The lowest BCUT2D eigenvalue weighted by Gasteiger charge is -2.44. The molecule has 0 bridgehead atoms. The molecule has 1 saturated carbocycles. The van der Waals surface area contributed by atoms with E-state index in [9.17, 15) is 24.3 Å². The Kier molecular flexibility index (Phi) is 3.98. The quantitative estimate of drug-likeness (QED) is 0.563. The topological polar surface area (TPSA) is 95.0 Å². The zero-order valence-electron chi connectivity index (χ0n) is 17.2. The number of benzene rings is 1. The number of likely N-dealkylation sites (tertiary alicyclic amines) is 2. The third-order valence-corrected chi connectivity index (χ3v) is 7.69. The number of fused-ring (bicyclic) bond motifs is 4. The third-order valence-electron chi connectivity index (χ3n) is 7.69. The van der Waals surface area contributed by atoms with E-state index in [1.807, 2.05) is 12.1 Å². The number of nitrogens with zero attached hydrogens (tertiary/aromatic N) is 2. The predicted molar refractivity (Wildman–Crippen MR) is 106 cm³/mol. The van der Waals surface area contributed by atoms with Gasteiger partial charge >= 0.3 is 0 Å². The van der Waals surface area contributed by atoms with Crippen LogP contribution in [0.3, 0.4) is 0 Å². The first-order chi connectivity index (χ1) is 14.2. The molecule has 3 fully saturated rings. The van der Waals surface area contributed by atoms with Crippen molar-refractivity contribution in [3.05, 3.63) is 41.0 Å². The molecule has 1 aromatic rings. The van der Waals surface area contributed by atoms with Crippen molar-refractivity contribution < 1.29 is 24.3 Å². The highest BCUT2D eigenvalue weighted by molar-refractivity contribution is 6.07. The van der Waals surface area contributed by atoms with Gasteiger partial charge in [0, 0.05) is 25.6 Å². The lowest BCUT2D eigenvalue weighted by Crippen LogP contribution is -2.43. The molecule has 4 aliphatic rings. The zero-order chi connectivity index (χ0) is 21.5. The van der Waals surface area contributed by atoms with E-state index in [1.165, 1.54) is 23.9 Å². The summed E-state index contributed by atoms with van der Waals surface area (Å²) in [5, 5.41) is 10.8. The van der Waals surface area contributed by atoms with Crippen LogP contribution in [0.5, 0.6) is 5.75 Å². The molecule has 0 aromatic heterocycles. The van der Waals surface area contributed by atoms with Gasteiger partial charge in [-0.1, -0.05) is 29.8 Å². The molecule has 0 spiro atoms. The number of hydrogen-bond donors (Lipinski definition) is 1. The molecule has 1 N–H and O–H groups in total. The summed E-state index contributed by atoms with van der Waals surface area (Å²) in [6.45, 7) is 1.80. The van der Waals surface area contributed by atoms with E-state index in [-0.39, 0.29) is 35.3 Å². The number of rotatable bonds is 1. The van der Waals surface area contributed by atoms with Gasteiger partial charge < -0.3 is 5.11 Å². The van der Waals surface area contributed by atoms with Gasteiger partial charge in [-0.05, 0) is 31.2 Å². The molecule has 156 valence electrons. The third kappa shape index (κ3) is 2.26. The van der Waals surface area contributed by atoms with Crippen molar-refractivity contribution in [1.29, 1.82) is 0 Å². The number of aromatic hydroxyl groups is 1. The molecule has 7 heteroatoms. The average Bonchev–Trinajstić information content (AvgIpc) is 3.09. The Balaban J connectivity index is 1.69. The Hall–Kier alpha value is -2.96. The van der Waals surface area contributed by atoms with Crippen LogP contribution in [-0.4, -0.2) is 52.6 Å². The fraction of sp³-hybridized carbons (Fsp3) is 0.478. The molecule has 0 unspecified atom stereocenters. The smallest absolute Gasteiger partial charge is 0.233 e. The Morgan fingerprint density at radius 1 is 0.867 bits per heavy atom. The van der Waals surface area contributed by atoms with Crippen LogP contribution in [0, 0.1) is 36.5 Å². The van der Waals surface area contributed by atoms with E-state index >= 15 is 0 Å². The van der Waals surface area contributed by atoms with Gasteiger partial charge in [0.1, 0.15) is 5.75 Å². The number of phenolic OH excluding ortho intramolecular Hbond substituents is 1. The van der Waals surface area contributed by atoms with E-state index in [2.05, 4.69) is 0 Å². The summed E-state index contributed by atoms with van der Waals surface area (Å²) in [6.07, 6.45) is 2.79. The molecule has 2 heterocycles. The number of aryl methyl sites for hydroxylation is 1. The summed E-state index contributed by atoms with van der Waals surface area (Å²) < 4.78 is 0. The molecule has 2 saturated heterocycles. The second-order valence-electron chi connectivity index (χ2n) is 9.01. The van der Waals surface area contributed by atoms with Crippen LogP contribution in [0.15, 0.2) is 29.8 Å². The van der Waals surface area contributed by atoms with Gasteiger partial charge in [-0.15, -0.1) is 0 Å². The average molecular weight is 408 g/mol. The van der Waals surface area contributed by atoms with Crippen molar-refractivity contribution in [3.8, 4) is 5.75 Å². The minimum atomic E-state index is -0.598. The Labute approximate surface area is 174 Å². The standard InChI is InChI=1S/C23H24N2O5/c1-10-5-4-6-12(19(10)26)16-11-7-8-13-17(22(29)24(2)20(13)27)14(11)9-15-18(16)23(30)25(3)21(15)28/h4-7,13-18,26H,8-9H2,1-3H3/t13-,14+,15+,16+,17-,18+/m0/s1. The van der Waals surface area contributed by atoms with Crippen LogP contribution >= 0.6 is 0 Å². The van der Waals surface area contributed by atoms with E-state index in [0.29, 0.717) is 24.0 Å². The predicted octanol–water partition coefficient (Wildman–Crippen LogP) is 1.60. The normalized spacial score (nSPS) is 35.4. The van der Waals surface area contributed by atoms with E-state index < -0.39 is 29.6 Å². The van der Waals surface area contributed by atoms with Gasteiger partial charge in [-0.2, -0.15) is 0 Å². The van der Waals surface area contributed by atoms with Gasteiger partial charge in [-0.25, -0.2) is 0 Å². The van der Waals surface area contributed by atoms with E-state index in [0.717, 1.165) is 5.57 Å². The first-order valence-electron chi connectivity index (χ1n) is 10.3. The van der Waals surface area contributed by atoms with Crippen molar-refractivity contribution in [2.75, 3.05) is 14.1 Å². The molecule has 2 aliphatic heterocycles. The molecule has 2 aliphatic carbocycles. The van der Waals surface area contributed by atoms with Gasteiger partial charge in [0.2, 0.25) is 23.6 Å². The highest BCUT2D eigenvalue weighted by Gasteiger charge is 2.61. The maximum Gasteiger partial charge on any atom is 0.233 e. The lowest BCUT2D eigenvalue weighted by atomic mass is 9.57. The van der Waals surface area contributed by atoms with Crippen molar-refractivity contribution in [2.45, 2.75) is 25.7 Å². The number of hydrogen-bond acceptors (Lipinski definition) is 5. The largest absolute Gasteiger partial charge is 0.507 e. The summed E-state index contributed by atoms with van der Waals surface area (Å²) >= 11 is 0. The monoisotopic (exact) mass is 408 g/mol. The lowest BCUT2D eigenvalue weighted by molar-refractivity contribution is -0.140. The Bertz CT molecular complexity index is 1040. The molecule has 4 amide bonds. The number of allylic oxidation sites excluding steroid dienone is 2. The van der Waals surface area contributed by atoms with Gasteiger partial charge in [0.15, 0.2) is 0 Å². The van der Waals surface area contributed by atoms with Crippen LogP contribution < -0.4 is 0 Å². The zero-order valence-corrected chi connectivity index (χ0v) is 17.2. The second kappa shape index (κ2) is 6.27. The van der Waals surface area contributed by atoms with E-state index in [4.69, 9.17) is 0 Å². The van der Waals surface area contributed by atoms with Crippen LogP contribution in [0.1, 0.15) is 29.9 Å². The molecule has 0 radical (unpaired) electrons. The number of carbonyl (C=O) groups excluding carboxylic acids is 4. The van der Waals surface area contributed by atoms with E-state index in [1.54, 1.807) is 19.1 Å². The molecule has 1 aromatic carbocycles. The number of phenols is 1. The fourth-order valence-electron chi connectivity index (χ4n) is 6.18. The minimum Gasteiger partial charge on any atom is -0.507 e. The first-order valence-corrected chi connectivity index (χ1v) is 10.3. The van der Waals surface area contributed by atoms with Gasteiger partial charge in [0.25, 0.3) is 0 Å². The summed E-state index contributed by atoms with van der Waals surface area (Å²) in [6, 6.07) is 5.42. The number of imide groups is 2. The molecule has 30 heavy (non-hydrogen) atoms. The summed E-state index contributed by atoms with van der Waals surface area (Å²) in [5.41, 5.74) is 2.21. The van der Waals surface area contributed by atoms with Crippen molar-refractivity contribution >= 4 is 23.6 Å². The number of amides is 4. The molecular weight excluding hydrogens is 384 g/mol. The maximum atomic E-state index is 13.1. The highest BCUT2D eigenvalue weighted by Crippen LogP contribution is 2.58. The number of para-hydroxylation sites is 1. The highest BCUT2D eigenvalue weighted by atomic mass is 16.3. The second-order valence-corrected chi connectivity index (χ2v) is 9.01. The van der Waals surface area contributed by atoms with Gasteiger partial charge in [0.05, 0.1) is 23.7 Å². The Morgan fingerprint density at radius 2 is 1.50 bits per heavy atom. The SMILES string of the molecule is Cc1cccc([C@H]2C3=CC[C@@H]4C(=O)N(C)C(=O)[C@@H]4[C@@H]3C[C@H]3C(=O)N(C)C(=O)[C@@H]23)c1O. The summed E-state index contributed by atoms with van der Waals surface area (Å²) in [7, 11) is 3.01. The Morgan fingerprint density at radius 3 is 2.20 bits per heavy atom. The summed E-state index contributed by atoms with van der Waals surface area (Å²) in [5.74, 6) is -3.61. The van der Waals surface area contributed by atoms with Crippen LogP contribution in [0.25, 0.3) is 0 Å². The maximum absolute atomic E-state index is 13.1. The van der Waals surface area contributed by atoms with Crippen molar-refractivity contribution in [2.24, 2.45) is 29.6 Å². The molecule has 5 rings (SSSR count). The van der Waals surface area contributed by atoms with Crippen molar-refractivity contribution in [1.82, 2.24) is 9.80 Å². The first kappa shape index (κ1) is 19.0. The molecule has 7 nitrogen and oxygen atoms in total. The van der Waals surface area contributed by atoms with Crippen LogP contribution in [0.2, 0.25) is 0 Å². The van der Waals surface area contributed by atoms with Crippen molar-refractivity contribution in [3.63, 3.8) is 0 Å². The molecular formula is C23H24N2O5. The minimum absolute atomic E-state index is 0.116. The fourth-order valence-corrected chi connectivity index (χ4v) is 6.18. The molecule has 6 atom stereocenters. The van der Waals surface area contributed by atoms with Gasteiger partial charge in [-0.3, -0.25) is 29.0 Å².